The molecule has 1 saturated carbocycles. The number of amides is 1. The molecule has 1 aromatic carbocycles. The summed E-state index contributed by atoms with van der Waals surface area (Å²) in [6.07, 6.45) is 9.41. The van der Waals surface area contributed by atoms with Crippen LogP contribution in [-0.4, -0.2) is 46.2 Å². The highest BCUT2D eigenvalue weighted by Gasteiger charge is 2.43. The van der Waals surface area contributed by atoms with Crippen molar-refractivity contribution in [2.75, 3.05) is 19.3 Å². The standard InChI is InChI=1S/C22H28N6O/c1-28-12-3-2-5-18(28)19(29)27-20(23)22(10-4-11-22)17-8-6-15(7-9-17)16-13-25-21(24)26-14-16/h6-9,13-14,18H,2-5,10-12H2,1H3,(H2,23,27,29)(H2,24,25,26). The van der Waals surface area contributed by atoms with E-state index in [2.05, 4.69) is 32.0 Å². The number of hydrogen-bond acceptors (Lipinski definition) is 5. The van der Waals surface area contributed by atoms with Crippen molar-refractivity contribution >= 4 is 17.7 Å². The number of carbonyl (C=O) groups is 1. The zero-order valence-corrected chi connectivity index (χ0v) is 16.8. The van der Waals surface area contributed by atoms with Crippen molar-refractivity contribution in [3.05, 3.63) is 42.2 Å². The van der Waals surface area contributed by atoms with Crippen molar-refractivity contribution in [3.8, 4) is 11.1 Å². The zero-order chi connectivity index (χ0) is 20.4. The van der Waals surface area contributed by atoms with Crippen LogP contribution in [0.5, 0.6) is 0 Å². The molecule has 2 fully saturated rings. The van der Waals surface area contributed by atoms with E-state index in [1.54, 1.807) is 12.4 Å². The summed E-state index contributed by atoms with van der Waals surface area (Å²) in [5, 5.41) is 0. The van der Waals surface area contributed by atoms with Gasteiger partial charge in [-0.1, -0.05) is 37.1 Å². The van der Waals surface area contributed by atoms with Crippen LogP contribution in [0.3, 0.4) is 0 Å². The minimum Gasteiger partial charge on any atom is -0.386 e. The Bertz CT molecular complexity index is 902. The van der Waals surface area contributed by atoms with Crippen molar-refractivity contribution in [2.45, 2.75) is 50.0 Å². The molecule has 1 aliphatic heterocycles. The molecule has 1 atom stereocenters. The number of benzene rings is 1. The van der Waals surface area contributed by atoms with Crippen LogP contribution in [-0.2, 0) is 10.2 Å². The first-order valence-electron chi connectivity index (χ1n) is 10.3. The number of anilines is 1. The quantitative estimate of drug-likeness (QED) is 0.611. The van der Waals surface area contributed by atoms with Gasteiger partial charge in [0, 0.05) is 18.0 Å². The number of nitrogen functional groups attached to an aromatic ring is 1. The normalized spacial score (nSPS) is 22.1. The van der Waals surface area contributed by atoms with Gasteiger partial charge in [0.05, 0.1) is 11.5 Å². The second-order valence-electron chi connectivity index (χ2n) is 8.17. The molecule has 7 nitrogen and oxygen atoms in total. The Kier molecular flexibility index (Phi) is 5.32. The number of carbonyl (C=O) groups excluding carboxylic acids is 1. The average molecular weight is 393 g/mol. The third-order valence-corrected chi connectivity index (χ3v) is 6.43. The lowest BCUT2D eigenvalue weighted by atomic mass is 9.63. The molecule has 1 aromatic heterocycles. The van der Waals surface area contributed by atoms with E-state index in [4.69, 9.17) is 11.5 Å². The Hall–Kier alpha value is -2.80. The number of aliphatic imine (C=N–C) groups is 1. The van der Waals surface area contributed by atoms with Gasteiger partial charge in [-0.05, 0) is 50.4 Å². The van der Waals surface area contributed by atoms with E-state index >= 15 is 0 Å². The fourth-order valence-electron chi connectivity index (χ4n) is 4.38. The lowest BCUT2D eigenvalue weighted by Crippen LogP contribution is -2.49. The van der Waals surface area contributed by atoms with Crippen LogP contribution in [0.25, 0.3) is 11.1 Å². The van der Waals surface area contributed by atoms with Crippen molar-refractivity contribution in [1.29, 1.82) is 0 Å². The van der Waals surface area contributed by atoms with Gasteiger partial charge in [0.15, 0.2) is 0 Å². The molecule has 0 bridgehead atoms. The number of nitrogens with two attached hydrogens (primary N) is 2. The summed E-state index contributed by atoms with van der Waals surface area (Å²) in [5.74, 6) is 0.610. The molecule has 1 amide bonds. The monoisotopic (exact) mass is 392 g/mol. The first kappa shape index (κ1) is 19.5. The predicted molar refractivity (Wildman–Crippen MR) is 114 cm³/mol. The van der Waals surface area contributed by atoms with Gasteiger partial charge in [0.2, 0.25) is 5.95 Å². The smallest absolute Gasteiger partial charge is 0.264 e. The van der Waals surface area contributed by atoms with E-state index in [-0.39, 0.29) is 23.3 Å². The summed E-state index contributed by atoms with van der Waals surface area (Å²) >= 11 is 0. The van der Waals surface area contributed by atoms with Gasteiger partial charge in [0.1, 0.15) is 5.84 Å². The van der Waals surface area contributed by atoms with Gasteiger partial charge in [0.25, 0.3) is 5.91 Å². The maximum Gasteiger partial charge on any atom is 0.264 e. The molecule has 152 valence electrons. The fourth-order valence-corrected chi connectivity index (χ4v) is 4.38. The zero-order valence-electron chi connectivity index (χ0n) is 16.8. The lowest BCUT2D eigenvalue weighted by Gasteiger charge is -2.42. The first-order valence-corrected chi connectivity index (χ1v) is 10.3. The topological polar surface area (TPSA) is 110 Å². The third-order valence-electron chi connectivity index (χ3n) is 6.43. The summed E-state index contributed by atoms with van der Waals surface area (Å²) in [6.45, 7) is 0.938. The number of nitrogens with zero attached hydrogens (tertiary/aromatic N) is 4. The van der Waals surface area contributed by atoms with E-state index in [0.717, 1.165) is 61.8 Å². The van der Waals surface area contributed by atoms with Crippen molar-refractivity contribution < 1.29 is 4.79 Å². The number of likely N-dealkylation sites (tertiary alicyclic amines) is 1. The second kappa shape index (κ2) is 7.91. The van der Waals surface area contributed by atoms with E-state index in [0.29, 0.717) is 5.84 Å². The molecule has 0 spiro atoms. The lowest BCUT2D eigenvalue weighted by molar-refractivity contribution is -0.123. The molecule has 29 heavy (non-hydrogen) atoms. The summed E-state index contributed by atoms with van der Waals surface area (Å²) in [6, 6.07) is 8.07. The number of rotatable bonds is 4. The number of aromatic nitrogens is 2. The largest absolute Gasteiger partial charge is 0.386 e. The van der Waals surface area contributed by atoms with Crippen LogP contribution < -0.4 is 11.5 Å². The number of piperidine rings is 1. The van der Waals surface area contributed by atoms with Crippen molar-refractivity contribution in [1.82, 2.24) is 14.9 Å². The number of likely N-dealkylation sites (N-methyl/N-ethyl adjacent to an activating group) is 1. The number of amidine groups is 1. The maximum atomic E-state index is 12.8. The third kappa shape index (κ3) is 3.74. The van der Waals surface area contributed by atoms with Crippen LogP contribution in [0.4, 0.5) is 5.95 Å². The molecular formula is C22H28N6O. The van der Waals surface area contributed by atoms with E-state index in [1.165, 1.54) is 0 Å². The van der Waals surface area contributed by atoms with Gasteiger partial charge in [-0.3, -0.25) is 9.69 Å². The summed E-state index contributed by atoms with van der Waals surface area (Å²) in [4.78, 5) is 27.4. The van der Waals surface area contributed by atoms with Crippen LogP contribution >= 0.6 is 0 Å². The average Bonchev–Trinajstić information content (AvgIpc) is 2.68. The Balaban J connectivity index is 1.56. The Morgan fingerprint density at radius 1 is 1.10 bits per heavy atom. The summed E-state index contributed by atoms with van der Waals surface area (Å²) in [7, 11) is 1.99. The van der Waals surface area contributed by atoms with Gasteiger partial charge in [-0.15, -0.1) is 0 Å². The predicted octanol–water partition coefficient (Wildman–Crippen LogP) is 2.52. The molecule has 4 rings (SSSR count). The highest BCUT2D eigenvalue weighted by atomic mass is 16.1. The van der Waals surface area contributed by atoms with Gasteiger partial charge in [-0.25, -0.2) is 9.97 Å². The summed E-state index contributed by atoms with van der Waals surface area (Å²) < 4.78 is 0. The van der Waals surface area contributed by atoms with Crippen LogP contribution in [0.15, 0.2) is 41.7 Å². The van der Waals surface area contributed by atoms with Crippen LogP contribution in [0.1, 0.15) is 44.1 Å². The van der Waals surface area contributed by atoms with E-state index in [9.17, 15) is 4.79 Å². The molecule has 1 aliphatic carbocycles. The molecule has 1 saturated heterocycles. The first-order chi connectivity index (χ1) is 14.0. The summed E-state index contributed by atoms with van der Waals surface area (Å²) in [5.41, 5.74) is 14.7. The van der Waals surface area contributed by atoms with Gasteiger partial charge >= 0.3 is 0 Å². The molecule has 4 N–H and O–H groups in total. The molecule has 2 aliphatic rings. The molecule has 1 unspecified atom stereocenters. The van der Waals surface area contributed by atoms with E-state index in [1.807, 2.05) is 19.2 Å². The van der Waals surface area contributed by atoms with Crippen LogP contribution in [0.2, 0.25) is 0 Å². The minimum atomic E-state index is -0.334. The van der Waals surface area contributed by atoms with Gasteiger partial charge in [-0.2, -0.15) is 4.99 Å². The Morgan fingerprint density at radius 2 is 1.79 bits per heavy atom. The highest BCUT2D eigenvalue weighted by Crippen LogP contribution is 2.44. The van der Waals surface area contributed by atoms with Crippen molar-refractivity contribution in [2.24, 2.45) is 10.7 Å². The minimum absolute atomic E-state index is 0.105. The molecule has 0 radical (unpaired) electrons. The fraction of sp³-hybridized carbons (Fsp3) is 0.455. The maximum absolute atomic E-state index is 12.8. The van der Waals surface area contributed by atoms with Crippen molar-refractivity contribution in [3.63, 3.8) is 0 Å². The highest BCUT2D eigenvalue weighted by molar-refractivity contribution is 6.02. The number of hydrogen-bond donors (Lipinski definition) is 2. The molecule has 2 aromatic rings. The second-order valence-corrected chi connectivity index (χ2v) is 8.17. The molecule has 7 heteroatoms. The SMILES string of the molecule is CN1CCCCC1C(=O)N=C(N)C1(c2ccc(-c3cnc(N)nc3)cc2)CCC1. The molecular weight excluding hydrogens is 364 g/mol. The van der Waals surface area contributed by atoms with Crippen LogP contribution in [0, 0.1) is 0 Å². The Morgan fingerprint density at radius 3 is 2.38 bits per heavy atom. The molecule has 2 heterocycles. The van der Waals surface area contributed by atoms with Gasteiger partial charge < -0.3 is 11.5 Å². The Labute approximate surface area is 171 Å². The van der Waals surface area contributed by atoms with E-state index < -0.39 is 0 Å².